The molecule has 0 aliphatic carbocycles. The fraction of sp³-hybridized carbons (Fsp3) is 0.857. The quantitative estimate of drug-likeness (QED) is 0.602. The monoisotopic (exact) mass is 286 g/mol. The van der Waals surface area contributed by atoms with E-state index >= 15 is 0 Å². The maximum atomic E-state index is 10.5. The molecule has 0 aromatic carbocycles. The minimum Gasteiger partial charge on any atom is -0.481 e. The van der Waals surface area contributed by atoms with Crippen molar-refractivity contribution in [2.75, 3.05) is 13.1 Å². The van der Waals surface area contributed by atoms with Crippen LogP contribution in [0.3, 0.4) is 0 Å². The maximum absolute atomic E-state index is 10.5. The van der Waals surface area contributed by atoms with E-state index in [2.05, 4.69) is 10.6 Å². The van der Waals surface area contributed by atoms with Crippen LogP contribution in [0.25, 0.3) is 0 Å². The van der Waals surface area contributed by atoms with Gasteiger partial charge < -0.3 is 20.8 Å². The normalized spacial score (nSPS) is 33.7. The molecule has 116 valence electrons. The van der Waals surface area contributed by atoms with Gasteiger partial charge in [-0.15, -0.1) is 0 Å². The second kappa shape index (κ2) is 8.21. The molecule has 2 rings (SSSR count). The van der Waals surface area contributed by atoms with Crippen LogP contribution < -0.4 is 10.6 Å². The van der Waals surface area contributed by atoms with Crippen molar-refractivity contribution in [2.24, 2.45) is 11.8 Å². The minimum absolute atomic E-state index is 0.145. The third kappa shape index (κ3) is 5.09. The van der Waals surface area contributed by atoms with Gasteiger partial charge in [-0.25, -0.2) is 0 Å². The zero-order valence-corrected chi connectivity index (χ0v) is 12.3. The van der Waals surface area contributed by atoms with Gasteiger partial charge in [0.2, 0.25) is 0 Å². The van der Waals surface area contributed by atoms with Gasteiger partial charge in [-0.05, 0) is 52.6 Å². The number of aliphatic carboxylic acids is 2. The van der Waals surface area contributed by atoms with Crippen molar-refractivity contribution in [2.45, 2.75) is 51.6 Å². The number of hydrogen-bond donors (Lipinski definition) is 4. The van der Waals surface area contributed by atoms with Crippen LogP contribution in [0, 0.1) is 11.8 Å². The molecular weight excluding hydrogens is 260 g/mol. The third-order valence-corrected chi connectivity index (χ3v) is 4.16. The Balaban J connectivity index is 0.000000200. The van der Waals surface area contributed by atoms with Crippen molar-refractivity contribution in [3.8, 4) is 0 Å². The Hall–Kier alpha value is -1.14. The van der Waals surface area contributed by atoms with E-state index in [1.165, 1.54) is 0 Å². The van der Waals surface area contributed by atoms with E-state index in [0.717, 1.165) is 38.8 Å². The standard InChI is InChI=1S/2C7H13NO2/c2*1-5-6(7(9)10)3-2-4-8-5/h2*5-6,8H,2-4H2,1H3,(H,9,10)/t2*5-,6-/m10/s1. The predicted molar refractivity (Wildman–Crippen MR) is 75.6 cm³/mol. The number of rotatable bonds is 2. The SMILES string of the molecule is C[C@@H]1NCCC[C@@H]1C(=O)O.C[C@H]1NCCC[C@H]1C(=O)O. The molecule has 2 saturated heterocycles. The van der Waals surface area contributed by atoms with Crippen LogP contribution in [0.2, 0.25) is 0 Å². The van der Waals surface area contributed by atoms with Crippen molar-refractivity contribution in [1.82, 2.24) is 10.6 Å². The Bertz CT molecular complexity index is 303. The van der Waals surface area contributed by atoms with Gasteiger partial charge in [0.15, 0.2) is 0 Å². The first-order valence-electron chi connectivity index (χ1n) is 7.36. The minimum atomic E-state index is -0.667. The summed E-state index contributed by atoms with van der Waals surface area (Å²) in [4.78, 5) is 21.0. The molecule has 0 radical (unpaired) electrons. The summed E-state index contributed by atoms with van der Waals surface area (Å²) in [6, 6.07) is 0.289. The van der Waals surface area contributed by atoms with Gasteiger partial charge in [-0.1, -0.05) is 0 Å². The predicted octanol–water partition coefficient (Wildman–Crippen LogP) is 0.918. The average molecular weight is 286 g/mol. The highest BCUT2D eigenvalue weighted by Crippen LogP contribution is 2.16. The Morgan fingerprint density at radius 3 is 1.40 bits per heavy atom. The lowest BCUT2D eigenvalue weighted by Crippen LogP contribution is -2.42. The van der Waals surface area contributed by atoms with Gasteiger partial charge in [-0.2, -0.15) is 0 Å². The molecular formula is C14H26N2O4. The van der Waals surface area contributed by atoms with E-state index in [4.69, 9.17) is 10.2 Å². The summed E-state index contributed by atoms with van der Waals surface area (Å²) in [5.74, 6) is -1.68. The molecule has 0 saturated carbocycles. The first-order valence-corrected chi connectivity index (χ1v) is 7.36. The molecule has 0 bridgehead atoms. The second-order valence-electron chi connectivity index (χ2n) is 5.66. The summed E-state index contributed by atoms with van der Waals surface area (Å²) in [6.07, 6.45) is 3.62. The molecule has 4 N–H and O–H groups in total. The highest BCUT2D eigenvalue weighted by Gasteiger charge is 2.27. The van der Waals surface area contributed by atoms with Crippen LogP contribution in [-0.4, -0.2) is 47.3 Å². The second-order valence-corrected chi connectivity index (χ2v) is 5.66. The van der Waals surface area contributed by atoms with Crippen LogP contribution in [-0.2, 0) is 9.59 Å². The zero-order chi connectivity index (χ0) is 15.1. The Labute approximate surface area is 119 Å². The van der Waals surface area contributed by atoms with Crippen molar-refractivity contribution >= 4 is 11.9 Å². The van der Waals surface area contributed by atoms with Gasteiger partial charge >= 0.3 is 11.9 Å². The lowest BCUT2D eigenvalue weighted by atomic mass is 9.92. The van der Waals surface area contributed by atoms with E-state index in [9.17, 15) is 9.59 Å². The topological polar surface area (TPSA) is 98.7 Å². The number of nitrogens with one attached hydrogen (secondary N) is 2. The first kappa shape index (κ1) is 16.9. The molecule has 2 aliphatic rings. The van der Waals surface area contributed by atoms with Gasteiger partial charge in [0, 0.05) is 12.1 Å². The lowest BCUT2D eigenvalue weighted by molar-refractivity contribution is -0.144. The molecule has 20 heavy (non-hydrogen) atoms. The molecule has 0 aromatic heterocycles. The average Bonchev–Trinajstić information content (AvgIpc) is 2.40. The van der Waals surface area contributed by atoms with Crippen molar-refractivity contribution < 1.29 is 19.8 Å². The molecule has 2 aliphatic heterocycles. The molecule has 6 nitrogen and oxygen atoms in total. The van der Waals surface area contributed by atoms with Gasteiger partial charge in [0.05, 0.1) is 11.8 Å². The molecule has 2 fully saturated rings. The summed E-state index contributed by atoms with van der Waals surface area (Å²) in [7, 11) is 0. The summed E-state index contributed by atoms with van der Waals surface area (Å²) >= 11 is 0. The Morgan fingerprint density at radius 2 is 1.20 bits per heavy atom. The Kier molecular flexibility index (Phi) is 6.95. The van der Waals surface area contributed by atoms with E-state index in [1.807, 2.05) is 13.8 Å². The summed E-state index contributed by atoms with van der Waals surface area (Å²) in [6.45, 7) is 5.78. The maximum Gasteiger partial charge on any atom is 0.308 e. The smallest absolute Gasteiger partial charge is 0.308 e. The van der Waals surface area contributed by atoms with Crippen LogP contribution in [0.1, 0.15) is 39.5 Å². The number of carboxylic acid groups (broad SMARTS) is 2. The molecule has 0 amide bonds. The Morgan fingerprint density at radius 1 is 0.850 bits per heavy atom. The van der Waals surface area contributed by atoms with Crippen LogP contribution >= 0.6 is 0 Å². The molecule has 0 spiro atoms. The van der Waals surface area contributed by atoms with E-state index < -0.39 is 11.9 Å². The highest BCUT2D eigenvalue weighted by molar-refractivity contribution is 5.71. The van der Waals surface area contributed by atoms with Crippen molar-refractivity contribution in [3.63, 3.8) is 0 Å². The van der Waals surface area contributed by atoms with E-state index in [1.54, 1.807) is 0 Å². The highest BCUT2D eigenvalue weighted by atomic mass is 16.4. The number of hydrogen-bond acceptors (Lipinski definition) is 4. The van der Waals surface area contributed by atoms with Crippen LogP contribution in [0.5, 0.6) is 0 Å². The third-order valence-electron chi connectivity index (χ3n) is 4.16. The van der Waals surface area contributed by atoms with Crippen LogP contribution in [0.15, 0.2) is 0 Å². The first-order chi connectivity index (χ1) is 9.43. The molecule has 0 aromatic rings. The van der Waals surface area contributed by atoms with Crippen molar-refractivity contribution in [1.29, 1.82) is 0 Å². The molecule has 0 unspecified atom stereocenters. The number of carbonyl (C=O) groups is 2. The van der Waals surface area contributed by atoms with Gasteiger partial charge in [0.1, 0.15) is 0 Å². The summed E-state index contributed by atoms with van der Waals surface area (Å²) in [5, 5.41) is 23.6. The largest absolute Gasteiger partial charge is 0.481 e. The lowest BCUT2D eigenvalue weighted by Gasteiger charge is -2.26. The number of piperidine rings is 2. The van der Waals surface area contributed by atoms with E-state index in [0.29, 0.717) is 0 Å². The summed E-state index contributed by atoms with van der Waals surface area (Å²) in [5.41, 5.74) is 0. The fourth-order valence-electron chi connectivity index (χ4n) is 2.76. The van der Waals surface area contributed by atoms with Gasteiger partial charge in [-0.3, -0.25) is 9.59 Å². The van der Waals surface area contributed by atoms with Crippen LogP contribution in [0.4, 0.5) is 0 Å². The number of carboxylic acids is 2. The van der Waals surface area contributed by atoms with Gasteiger partial charge in [0.25, 0.3) is 0 Å². The fourth-order valence-corrected chi connectivity index (χ4v) is 2.76. The molecule has 4 atom stereocenters. The summed E-state index contributed by atoms with van der Waals surface area (Å²) < 4.78 is 0. The van der Waals surface area contributed by atoms with Crippen molar-refractivity contribution in [3.05, 3.63) is 0 Å². The molecule has 2 heterocycles. The zero-order valence-electron chi connectivity index (χ0n) is 12.3. The molecule has 6 heteroatoms. The van der Waals surface area contributed by atoms with E-state index in [-0.39, 0.29) is 23.9 Å².